The summed E-state index contributed by atoms with van der Waals surface area (Å²) in [6, 6.07) is 2.99. The number of thiazole rings is 1. The largest absolute Gasteiger partial charge is 0.485 e. The third-order valence-electron chi connectivity index (χ3n) is 1.98. The van der Waals surface area contributed by atoms with Crippen LogP contribution in [0.15, 0.2) is 23.7 Å². The molecule has 0 aliphatic rings. The van der Waals surface area contributed by atoms with Gasteiger partial charge in [0.15, 0.2) is 0 Å². The fraction of sp³-hybridized carbons (Fsp3) is 0.182. The zero-order valence-electron chi connectivity index (χ0n) is 9.08. The second kappa shape index (κ2) is 4.92. The number of carboxylic acids is 1. The molecule has 0 saturated carbocycles. The fourth-order valence-electron chi connectivity index (χ4n) is 1.21. The van der Waals surface area contributed by atoms with Gasteiger partial charge in [-0.1, -0.05) is 0 Å². The van der Waals surface area contributed by atoms with Crippen molar-refractivity contribution in [2.45, 2.75) is 13.5 Å². The van der Waals surface area contributed by atoms with Crippen LogP contribution in [0.5, 0.6) is 5.75 Å². The van der Waals surface area contributed by atoms with E-state index >= 15 is 0 Å². The average Bonchev–Trinajstić information content (AvgIpc) is 2.73. The topological polar surface area (TPSA) is 72.3 Å². The summed E-state index contributed by atoms with van der Waals surface area (Å²) in [5.41, 5.74) is 0.968. The van der Waals surface area contributed by atoms with E-state index in [0.717, 1.165) is 10.7 Å². The standard InChI is InChI=1S/C11H10N2O3S/c1-7-6-17-10(13-7)5-16-8-2-3-9(11(14)15)12-4-8/h2-4,6H,5H2,1H3,(H,14,15). The molecule has 2 aromatic rings. The number of pyridine rings is 1. The first-order chi connectivity index (χ1) is 8.15. The molecule has 2 heterocycles. The van der Waals surface area contributed by atoms with Crippen LogP contribution in [-0.4, -0.2) is 21.0 Å². The summed E-state index contributed by atoms with van der Waals surface area (Å²) in [6.07, 6.45) is 1.39. The molecule has 17 heavy (non-hydrogen) atoms. The molecule has 0 unspecified atom stereocenters. The number of aromatic carboxylic acids is 1. The SMILES string of the molecule is Cc1csc(COc2ccc(C(=O)O)nc2)n1. The Morgan fingerprint density at radius 2 is 2.35 bits per heavy atom. The minimum atomic E-state index is -1.05. The molecular weight excluding hydrogens is 240 g/mol. The predicted molar refractivity (Wildman–Crippen MR) is 62.4 cm³/mol. The van der Waals surface area contributed by atoms with Gasteiger partial charge in [-0.2, -0.15) is 0 Å². The van der Waals surface area contributed by atoms with Crippen LogP contribution in [0.4, 0.5) is 0 Å². The summed E-state index contributed by atoms with van der Waals surface area (Å²) in [4.78, 5) is 18.6. The van der Waals surface area contributed by atoms with Crippen molar-refractivity contribution in [2.75, 3.05) is 0 Å². The minimum Gasteiger partial charge on any atom is -0.485 e. The van der Waals surface area contributed by atoms with Gasteiger partial charge in [0.2, 0.25) is 0 Å². The van der Waals surface area contributed by atoms with Crippen LogP contribution in [-0.2, 0) is 6.61 Å². The molecule has 0 amide bonds. The molecule has 5 nitrogen and oxygen atoms in total. The van der Waals surface area contributed by atoms with E-state index < -0.39 is 5.97 Å². The lowest BCUT2D eigenvalue weighted by Crippen LogP contribution is -2.00. The number of hydrogen-bond acceptors (Lipinski definition) is 5. The van der Waals surface area contributed by atoms with Gasteiger partial charge >= 0.3 is 5.97 Å². The lowest BCUT2D eigenvalue weighted by atomic mass is 10.3. The third-order valence-corrected chi connectivity index (χ3v) is 2.92. The molecule has 0 aromatic carbocycles. The molecular formula is C11H10N2O3S. The quantitative estimate of drug-likeness (QED) is 0.899. The molecule has 0 spiro atoms. The van der Waals surface area contributed by atoms with Crippen LogP contribution in [0.25, 0.3) is 0 Å². The van der Waals surface area contributed by atoms with Crippen LogP contribution >= 0.6 is 11.3 Å². The maximum atomic E-state index is 10.6. The molecule has 0 fully saturated rings. The first kappa shape index (κ1) is 11.5. The highest BCUT2D eigenvalue weighted by Crippen LogP contribution is 2.14. The molecule has 0 aliphatic heterocycles. The van der Waals surface area contributed by atoms with Gasteiger partial charge in [0.05, 0.1) is 6.20 Å². The third kappa shape index (κ3) is 3.01. The number of rotatable bonds is 4. The van der Waals surface area contributed by atoms with E-state index in [1.165, 1.54) is 23.6 Å². The monoisotopic (exact) mass is 250 g/mol. The number of ether oxygens (including phenoxy) is 1. The van der Waals surface area contributed by atoms with E-state index in [1.807, 2.05) is 12.3 Å². The Morgan fingerprint density at radius 3 is 2.88 bits per heavy atom. The van der Waals surface area contributed by atoms with Gasteiger partial charge in [-0.3, -0.25) is 0 Å². The minimum absolute atomic E-state index is 0.00226. The summed E-state index contributed by atoms with van der Waals surface area (Å²) in [7, 11) is 0. The molecule has 0 bridgehead atoms. The van der Waals surface area contributed by atoms with Crippen molar-refractivity contribution in [3.63, 3.8) is 0 Å². The maximum Gasteiger partial charge on any atom is 0.354 e. The van der Waals surface area contributed by atoms with Crippen LogP contribution in [0, 0.1) is 6.92 Å². The highest BCUT2D eigenvalue weighted by atomic mass is 32.1. The Balaban J connectivity index is 1.97. The van der Waals surface area contributed by atoms with Gasteiger partial charge in [0.1, 0.15) is 23.1 Å². The summed E-state index contributed by atoms with van der Waals surface area (Å²) in [5.74, 6) is -0.519. The number of carbonyl (C=O) groups is 1. The van der Waals surface area contributed by atoms with Gasteiger partial charge in [-0.25, -0.2) is 14.8 Å². The van der Waals surface area contributed by atoms with E-state index in [4.69, 9.17) is 9.84 Å². The Bertz CT molecular complexity index is 522. The highest BCUT2D eigenvalue weighted by molar-refractivity contribution is 7.09. The molecule has 0 aliphatic carbocycles. The predicted octanol–water partition coefficient (Wildman–Crippen LogP) is 2.12. The summed E-state index contributed by atoms with van der Waals surface area (Å²) < 4.78 is 5.43. The Labute approximate surface area is 102 Å². The van der Waals surface area contributed by atoms with Crippen molar-refractivity contribution < 1.29 is 14.6 Å². The van der Waals surface area contributed by atoms with E-state index in [0.29, 0.717) is 12.4 Å². The lowest BCUT2D eigenvalue weighted by Gasteiger charge is -2.03. The number of nitrogens with zero attached hydrogens (tertiary/aromatic N) is 2. The van der Waals surface area contributed by atoms with Crippen molar-refractivity contribution in [1.29, 1.82) is 0 Å². The summed E-state index contributed by atoms with van der Waals surface area (Å²) >= 11 is 1.53. The van der Waals surface area contributed by atoms with E-state index in [9.17, 15) is 4.79 Å². The average molecular weight is 250 g/mol. The van der Waals surface area contributed by atoms with Gasteiger partial charge in [0, 0.05) is 11.1 Å². The molecule has 2 rings (SSSR count). The summed E-state index contributed by atoms with van der Waals surface area (Å²) in [6.45, 7) is 2.29. The van der Waals surface area contributed by atoms with Gasteiger partial charge in [-0.15, -0.1) is 11.3 Å². The molecule has 1 N–H and O–H groups in total. The molecule has 2 aromatic heterocycles. The van der Waals surface area contributed by atoms with Crippen LogP contribution in [0.3, 0.4) is 0 Å². The van der Waals surface area contributed by atoms with E-state index in [-0.39, 0.29) is 5.69 Å². The van der Waals surface area contributed by atoms with Crippen LogP contribution in [0.1, 0.15) is 21.2 Å². The molecule has 0 radical (unpaired) electrons. The molecule has 0 saturated heterocycles. The molecule has 88 valence electrons. The molecule has 6 heteroatoms. The number of hydrogen-bond donors (Lipinski definition) is 1. The van der Waals surface area contributed by atoms with E-state index in [1.54, 1.807) is 6.07 Å². The lowest BCUT2D eigenvalue weighted by molar-refractivity contribution is 0.0690. The fourth-order valence-corrected chi connectivity index (χ4v) is 1.89. The van der Waals surface area contributed by atoms with Gasteiger partial charge < -0.3 is 9.84 Å². The highest BCUT2D eigenvalue weighted by Gasteiger charge is 2.05. The Morgan fingerprint density at radius 1 is 1.53 bits per heavy atom. The smallest absolute Gasteiger partial charge is 0.354 e. The zero-order chi connectivity index (χ0) is 12.3. The van der Waals surface area contributed by atoms with Crippen molar-refractivity contribution in [3.8, 4) is 5.75 Å². The molecule has 0 atom stereocenters. The Hall–Kier alpha value is -1.95. The van der Waals surface area contributed by atoms with Crippen LogP contribution < -0.4 is 4.74 Å². The Kier molecular flexibility index (Phi) is 3.34. The van der Waals surface area contributed by atoms with Crippen LogP contribution in [0.2, 0.25) is 0 Å². The van der Waals surface area contributed by atoms with Crippen molar-refractivity contribution >= 4 is 17.3 Å². The second-order valence-corrected chi connectivity index (χ2v) is 4.30. The first-order valence-corrected chi connectivity index (χ1v) is 5.76. The second-order valence-electron chi connectivity index (χ2n) is 3.36. The maximum absolute atomic E-state index is 10.6. The van der Waals surface area contributed by atoms with E-state index in [2.05, 4.69) is 9.97 Å². The van der Waals surface area contributed by atoms with Gasteiger partial charge in [-0.05, 0) is 19.1 Å². The zero-order valence-corrected chi connectivity index (χ0v) is 9.90. The van der Waals surface area contributed by atoms with Crippen molar-refractivity contribution in [3.05, 3.63) is 40.1 Å². The number of aryl methyl sites for hydroxylation is 1. The van der Waals surface area contributed by atoms with Crippen molar-refractivity contribution in [1.82, 2.24) is 9.97 Å². The summed E-state index contributed by atoms with van der Waals surface area (Å²) in [5, 5.41) is 11.5. The normalized spacial score (nSPS) is 10.2. The van der Waals surface area contributed by atoms with Gasteiger partial charge in [0.25, 0.3) is 0 Å². The number of carboxylic acid groups (broad SMARTS) is 1. The first-order valence-electron chi connectivity index (χ1n) is 4.88. The number of aromatic nitrogens is 2. The van der Waals surface area contributed by atoms with Crippen molar-refractivity contribution in [2.24, 2.45) is 0 Å².